The molecule has 0 radical (unpaired) electrons. The van der Waals surface area contributed by atoms with Crippen molar-refractivity contribution >= 4 is 15.9 Å². The molecule has 4 heteroatoms. The van der Waals surface area contributed by atoms with Crippen LogP contribution < -0.4 is 5.32 Å². The van der Waals surface area contributed by atoms with E-state index in [2.05, 4.69) is 52.4 Å². The fourth-order valence-electron chi connectivity index (χ4n) is 1.66. The summed E-state index contributed by atoms with van der Waals surface area (Å²) in [5, 5.41) is 12.0. The van der Waals surface area contributed by atoms with E-state index >= 15 is 0 Å². The Morgan fingerprint density at radius 1 is 1.29 bits per heavy atom. The van der Waals surface area contributed by atoms with Crippen LogP contribution in [0.4, 0.5) is 0 Å². The third-order valence-corrected chi connectivity index (χ3v) is 3.08. The van der Waals surface area contributed by atoms with Gasteiger partial charge in [0.1, 0.15) is 0 Å². The second kappa shape index (κ2) is 8.64. The lowest BCUT2D eigenvalue weighted by atomic mass is 10.1. The van der Waals surface area contributed by atoms with Crippen LogP contribution in [0.15, 0.2) is 28.7 Å². The highest BCUT2D eigenvalue weighted by molar-refractivity contribution is 9.10. The molecule has 0 amide bonds. The van der Waals surface area contributed by atoms with E-state index in [4.69, 9.17) is 9.84 Å². The average Bonchev–Trinajstić information content (AvgIpc) is 2.35. The maximum Gasteiger partial charge on any atom is 0.0698 e. The Balaban J connectivity index is 2.35. The summed E-state index contributed by atoms with van der Waals surface area (Å²) in [6.07, 6.45) is 1.04. The SMILES string of the molecule is CCC(NCCOCCO)c1ccc(Br)cc1. The summed E-state index contributed by atoms with van der Waals surface area (Å²) in [7, 11) is 0. The molecule has 17 heavy (non-hydrogen) atoms. The van der Waals surface area contributed by atoms with Crippen LogP contribution in [0, 0.1) is 0 Å². The summed E-state index contributed by atoms with van der Waals surface area (Å²) in [4.78, 5) is 0. The zero-order chi connectivity index (χ0) is 12.5. The van der Waals surface area contributed by atoms with Gasteiger partial charge in [-0.05, 0) is 24.1 Å². The van der Waals surface area contributed by atoms with Crippen molar-refractivity contribution in [2.24, 2.45) is 0 Å². The molecule has 1 unspecified atom stereocenters. The quantitative estimate of drug-likeness (QED) is 0.725. The molecule has 1 rings (SSSR count). The molecule has 0 aliphatic heterocycles. The molecular weight excluding hydrogens is 282 g/mol. The lowest BCUT2D eigenvalue weighted by molar-refractivity contribution is 0.0925. The predicted molar refractivity (Wildman–Crippen MR) is 73.1 cm³/mol. The molecule has 96 valence electrons. The Labute approximate surface area is 111 Å². The normalized spacial score (nSPS) is 12.6. The molecule has 0 saturated carbocycles. The Morgan fingerprint density at radius 3 is 2.59 bits per heavy atom. The molecule has 0 bridgehead atoms. The van der Waals surface area contributed by atoms with Gasteiger partial charge in [0, 0.05) is 17.1 Å². The van der Waals surface area contributed by atoms with Gasteiger partial charge >= 0.3 is 0 Å². The van der Waals surface area contributed by atoms with Gasteiger partial charge in [-0.1, -0.05) is 35.0 Å². The van der Waals surface area contributed by atoms with E-state index in [1.165, 1.54) is 5.56 Å². The van der Waals surface area contributed by atoms with E-state index in [9.17, 15) is 0 Å². The Kier molecular flexibility index (Phi) is 7.44. The van der Waals surface area contributed by atoms with E-state index in [-0.39, 0.29) is 6.61 Å². The molecule has 0 fully saturated rings. The first-order valence-electron chi connectivity index (χ1n) is 5.95. The molecule has 1 aromatic rings. The highest BCUT2D eigenvalue weighted by atomic mass is 79.9. The van der Waals surface area contributed by atoms with Crippen molar-refractivity contribution < 1.29 is 9.84 Å². The van der Waals surface area contributed by atoms with Gasteiger partial charge in [-0.25, -0.2) is 0 Å². The topological polar surface area (TPSA) is 41.5 Å². The van der Waals surface area contributed by atoms with E-state index in [1.807, 2.05) is 0 Å². The van der Waals surface area contributed by atoms with Gasteiger partial charge in [0.05, 0.1) is 19.8 Å². The first-order valence-corrected chi connectivity index (χ1v) is 6.74. The Hall–Kier alpha value is -0.420. The molecule has 0 saturated heterocycles. The Bertz CT molecular complexity index is 303. The zero-order valence-electron chi connectivity index (χ0n) is 10.2. The molecule has 1 atom stereocenters. The molecule has 3 nitrogen and oxygen atoms in total. The largest absolute Gasteiger partial charge is 0.394 e. The average molecular weight is 302 g/mol. The van der Waals surface area contributed by atoms with Gasteiger partial charge in [-0.3, -0.25) is 0 Å². The zero-order valence-corrected chi connectivity index (χ0v) is 11.7. The van der Waals surface area contributed by atoms with Crippen molar-refractivity contribution in [3.8, 4) is 0 Å². The number of halogens is 1. The minimum absolute atomic E-state index is 0.0872. The summed E-state index contributed by atoms with van der Waals surface area (Å²) in [5.41, 5.74) is 1.29. The fourth-order valence-corrected chi connectivity index (χ4v) is 1.93. The summed E-state index contributed by atoms with van der Waals surface area (Å²) < 4.78 is 6.31. The minimum atomic E-state index is 0.0872. The second-order valence-electron chi connectivity index (χ2n) is 3.80. The number of hydrogen-bond donors (Lipinski definition) is 2. The Morgan fingerprint density at radius 2 is 2.00 bits per heavy atom. The van der Waals surface area contributed by atoms with Crippen molar-refractivity contribution in [2.45, 2.75) is 19.4 Å². The highest BCUT2D eigenvalue weighted by Gasteiger charge is 2.07. The smallest absolute Gasteiger partial charge is 0.0698 e. The van der Waals surface area contributed by atoms with Crippen molar-refractivity contribution in [2.75, 3.05) is 26.4 Å². The number of benzene rings is 1. The maximum atomic E-state index is 8.58. The lowest BCUT2D eigenvalue weighted by Crippen LogP contribution is -2.25. The van der Waals surface area contributed by atoms with E-state index in [1.54, 1.807) is 0 Å². The molecule has 0 aliphatic rings. The van der Waals surface area contributed by atoms with Crippen LogP contribution >= 0.6 is 15.9 Å². The number of aliphatic hydroxyl groups excluding tert-OH is 1. The second-order valence-corrected chi connectivity index (χ2v) is 4.72. The minimum Gasteiger partial charge on any atom is -0.394 e. The van der Waals surface area contributed by atoms with Gasteiger partial charge < -0.3 is 15.2 Å². The van der Waals surface area contributed by atoms with Crippen molar-refractivity contribution in [3.05, 3.63) is 34.3 Å². The van der Waals surface area contributed by atoms with Crippen LogP contribution in [0.1, 0.15) is 24.9 Å². The predicted octanol–water partition coefficient (Wildman–Crippen LogP) is 2.50. The fraction of sp³-hybridized carbons (Fsp3) is 0.538. The number of ether oxygens (including phenoxy) is 1. The number of rotatable bonds is 8. The van der Waals surface area contributed by atoms with Gasteiger partial charge in [-0.2, -0.15) is 0 Å². The van der Waals surface area contributed by atoms with Crippen LogP contribution in [-0.4, -0.2) is 31.5 Å². The van der Waals surface area contributed by atoms with Gasteiger partial charge in [-0.15, -0.1) is 0 Å². The molecular formula is C13H20BrNO2. The third-order valence-electron chi connectivity index (χ3n) is 2.55. The van der Waals surface area contributed by atoms with Crippen molar-refractivity contribution in [3.63, 3.8) is 0 Å². The molecule has 2 N–H and O–H groups in total. The molecule has 0 aromatic heterocycles. The highest BCUT2D eigenvalue weighted by Crippen LogP contribution is 2.19. The van der Waals surface area contributed by atoms with Crippen molar-refractivity contribution in [1.29, 1.82) is 0 Å². The summed E-state index contributed by atoms with van der Waals surface area (Å²) in [6.45, 7) is 4.09. The molecule has 0 aliphatic carbocycles. The third kappa shape index (κ3) is 5.64. The molecule has 0 heterocycles. The maximum absolute atomic E-state index is 8.58. The summed E-state index contributed by atoms with van der Waals surface area (Å²) >= 11 is 3.43. The van der Waals surface area contributed by atoms with Gasteiger partial charge in [0.25, 0.3) is 0 Å². The standard InChI is InChI=1S/C13H20BrNO2/c1-2-13(15-7-9-17-10-8-16)11-3-5-12(14)6-4-11/h3-6,13,15-16H,2,7-10H2,1H3. The number of hydrogen-bond acceptors (Lipinski definition) is 3. The van der Waals surface area contributed by atoms with E-state index in [0.717, 1.165) is 17.4 Å². The van der Waals surface area contributed by atoms with E-state index < -0.39 is 0 Å². The summed E-state index contributed by atoms with van der Waals surface area (Å²) in [5.74, 6) is 0. The van der Waals surface area contributed by atoms with Crippen molar-refractivity contribution in [1.82, 2.24) is 5.32 Å². The van der Waals surface area contributed by atoms with Crippen LogP contribution in [0.3, 0.4) is 0 Å². The summed E-state index contributed by atoms with van der Waals surface area (Å²) in [6, 6.07) is 8.73. The number of nitrogens with one attached hydrogen (secondary N) is 1. The first kappa shape index (κ1) is 14.6. The lowest BCUT2D eigenvalue weighted by Gasteiger charge is -2.17. The van der Waals surface area contributed by atoms with Crippen LogP contribution in [0.2, 0.25) is 0 Å². The number of aliphatic hydroxyl groups is 1. The van der Waals surface area contributed by atoms with Crippen LogP contribution in [0.25, 0.3) is 0 Å². The van der Waals surface area contributed by atoms with Gasteiger partial charge in [0.15, 0.2) is 0 Å². The van der Waals surface area contributed by atoms with Crippen LogP contribution in [-0.2, 0) is 4.74 Å². The first-order chi connectivity index (χ1) is 8.27. The molecule has 0 spiro atoms. The monoisotopic (exact) mass is 301 g/mol. The van der Waals surface area contributed by atoms with Gasteiger partial charge in [0.2, 0.25) is 0 Å². The van der Waals surface area contributed by atoms with Crippen LogP contribution in [0.5, 0.6) is 0 Å². The van der Waals surface area contributed by atoms with E-state index in [0.29, 0.717) is 19.3 Å². The molecule has 1 aromatic carbocycles.